The zero-order valence-electron chi connectivity index (χ0n) is 16.6. The molecule has 1 atom stereocenters. The highest BCUT2D eigenvalue weighted by molar-refractivity contribution is 5.85. The lowest BCUT2D eigenvalue weighted by Crippen LogP contribution is -2.45. The maximum atomic E-state index is 12.7. The van der Waals surface area contributed by atoms with Gasteiger partial charge >= 0.3 is 0 Å². The Morgan fingerprint density at radius 2 is 2.07 bits per heavy atom. The van der Waals surface area contributed by atoms with E-state index in [2.05, 4.69) is 34.3 Å². The van der Waals surface area contributed by atoms with E-state index in [1.54, 1.807) is 11.1 Å². The second-order valence-corrected chi connectivity index (χ2v) is 7.65. The third-order valence-corrected chi connectivity index (χ3v) is 5.65. The molecule has 6 nitrogen and oxygen atoms in total. The van der Waals surface area contributed by atoms with Crippen molar-refractivity contribution < 1.29 is 9.59 Å². The lowest BCUT2D eigenvalue weighted by Gasteiger charge is -2.31. The summed E-state index contributed by atoms with van der Waals surface area (Å²) >= 11 is 0. The molecule has 29 heavy (non-hydrogen) atoms. The molecule has 4 rings (SSSR count). The summed E-state index contributed by atoms with van der Waals surface area (Å²) in [5.74, 6) is -0.0457. The zero-order chi connectivity index (χ0) is 20.2. The minimum absolute atomic E-state index is 0.0287. The third-order valence-electron chi connectivity index (χ3n) is 5.65. The summed E-state index contributed by atoms with van der Waals surface area (Å²) in [5, 5.41) is 4.29. The van der Waals surface area contributed by atoms with E-state index in [4.69, 9.17) is 0 Å². The number of aromatic amines is 1. The Kier molecular flexibility index (Phi) is 5.60. The molecule has 2 aromatic heterocycles. The van der Waals surface area contributed by atoms with Crippen molar-refractivity contribution in [3.63, 3.8) is 0 Å². The molecule has 3 heterocycles. The first-order valence-electron chi connectivity index (χ1n) is 10.1. The standard InChI is InChI=1S/C23H26N4O2/c1-16-19(20-7-2-3-8-21(20)26-16)11-13-25-23(29)17-9-10-22(28)27(14-17)15-18-6-4-5-12-24-18/h2-8,12,17,26H,9-11,13-15H2,1H3,(H,25,29). The number of carbonyl (C=O) groups excluding carboxylic acids is 2. The second-order valence-electron chi connectivity index (χ2n) is 7.65. The number of hydrogen-bond donors (Lipinski definition) is 2. The lowest BCUT2D eigenvalue weighted by atomic mass is 9.96. The number of rotatable bonds is 6. The number of fused-ring (bicyclic) bond motifs is 1. The Bertz CT molecular complexity index is 1010. The van der Waals surface area contributed by atoms with E-state index < -0.39 is 0 Å². The summed E-state index contributed by atoms with van der Waals surface area (Å²) in [7, 11) is 0. The van der Waals surface area contributed by atoms with Crippen molar-refractivity contribution in [2.45, 2.75) is 32.7 Å². The van der Waals surface area contributed by atoms with Crippen LogP contribution in [0.5, 0.6) is 0 Å². The van der Waals surface area contributed by atoms with Crippen LogP contribution in [-0.2, 0) is 22.6 Å². The number of benzene rings is 1. The predicted octanol–water partition coefficient (Wildman–Crippen LogP) is 2.97. The van der Waals surface area contributed by atoms with Gasteiger partial charge in [-0.05, 0) is 43.5 Å². The van der Waals surface area contributed by atoms with Gasteiger partial charge in [0.1, 0.15) is 0 Å². The minimum Gasteiger partial charge on any atom is -0.358 e. The Morgan fingerprint density at radius 3 is 2.90 bits per heavy atom. The molecule has 0 bridgehead atoms. The van der Waals surface area contributed by atoms with Gasteiger partial charge in [-0.25, -0.2) is 0 Å². The van der Waals surface area contributed by atoms with Crippen LogP contribution in [-0.4, -0.2) is 39.8 Å². The molecule has 1 aliphatic rings. The van der Waals surface area contributed by atoms with E-state index in [9.17, 15) is 9.59 Å². The molecule has 2 amide bonds. The largest absolute Gasteiger partial charge is 0.358 e. The van der Waals surface area contributed by atoms with Crippen LogP contribution in [0.3, 0.4) is 0 Å². The fourth-order valence-electron chi connectivity index (χ4n) is 4.08. The average Bonchev–Trinajstić information content (AvgIpc) is 3.05. The first kappa shape index (κ1) is 19.2. The highest BCUT2D eigenvalue weighted by atomic mass is 16.2. The number of pyridine rings is 1. The van der Waals surface area contributed by atoms with Gasteiger partial charge < -0.3 is 15.2 Å². The third kappa shape index (κ3) is 4.31. The monoisotopic (exact) mass is 390 g/mol. The summed E-state index contributed by atoms with van der Waals surface area (Å²) in [6.07, 6.45) is 3.52. The molecule has 1 saturated heterocycles. The Balaban J connectivity index is 1.33. The molecule has 2 N–H and O–H groups in total. The molecule has 0 spiro atoms. The molecule has 0 radical (unpaired) electrons. The molecular formula is C23H26N4O2. The molecular weight excluding hydrogens is 364 g/mol. The van der Waals surface area contributed by atoms with E-state index in [0.29, 0.717) is 32.5 Å². The number of nitrogens with one attached hydrogen (secondary N) is 2. The fraction of sp³-hybridized carbons (Fsp3) is 0.348. The van der Waals surface area contributed by atoms with Crippen molar-refractivity contribution in [3.8, 4) is 0 Å². The summed E-state index contributed by atoms with van der Waals surface area (Å²) in [5.41, 5.74) is 4.36. The van der Waals surface area contributed by atoms with Gasteiger partial charge in [-0.2, -0.15) is 0 Å². The van der Waals surface area contributed by atoms with Gasteiger partial charge in [0.2, 0.25) is 11.8 Å². The number of carbonyl (C=O) groups is 2. The van der Waals surface area contributed by atoms with Gasteiger partial charge in [0.05, 0.1) is 18.2 Å². The number of piperidine rings is 1. The molecule has 6 heteroatoms. The van der Waals surface area contributed by atoms with Crippen molar-refractivity contribution in [3.05, 3.63) is 65.6 Å². The van der Waals surface area contributed by atoms with Crippen LogP contribution in [0.1, 0.15) is 29.8 Å². The van der Waals surface area contributed by atoms with E-state index in [-0.39, 0.29) is 17.7 Å². The molecule has 0 aliphatic carbocycles. The van der Waals surface area contributed by atoms with Crippen LogP contribution in [0.15, 0.2) is 48.7 Å². The van der Waals surface area contributed by atoms with E-state index in [1.807, 2.05) is 30.3 Å². The summed E-state index contributed by atoms with van der Waals surface area (Å²) in [6.45, 7) is 3.57. The number of H-pyrrole nitrogens is 1. The number of para-hydroxylation sites is 1. The molecule has 0 saturated carbocycles. The normalized spacial score (nSPS) is 16.9. The number of nitrogens with zero attached hydrogens (tertiary/aromatic N) is 2. The Labute approximate surface area is 170 Å². The van der Waals surface area contributed by atoms with Crippen molar-refractivity contribution in [1.82, 2.24) is 20.2 Å². The van der Waals surface area contributed by atoms with Gasteiger partial charge in [0.25, 0.3) is 0 Å². The highest BCUT2D eigenvalue weighted by Crippen LogP contribution is 2.22. The SMILES string of the molecule is Cc1[nH]c2ccccc2c1CCNC(=O)C1CCC(=O)N(Cc2ccccn2)C1. The Morgan fingerprint density at radius 1 is 1.24 bits per heavy atom. The van der Waals surface area contributed by atoms with Gasteiger partial charge in [-0.15, -0.1) is 0 Å². The molecule has 1 unspecified atom stereocenters. The van der Waals surface area contributed by atoms with Crippen molar-refractivity contribution in [2.75, 3.05) is 13.1 Å². The highest BCUT2D eigenvalue weighted by Gasteiger charge is 2.30. The fourth-order valence-corrected chi connectivity index (χ4v) is 4.08. The van der Waals surface area contributed by atoms with Crippen LogP contribution < -0.4 is 5.32 Å². The Hall–Kier alpha value is -3.15. The van der Waals surface area contributed by atoms with Crippen molar-refractivity contribution in [2.24, 2.45) is 5.92 Å². The van der Waals surface area contributed by atoms with Gasteiger partial charge in [-0.1, -0.05) is 24.3 Å². The van der Waals surface area contributed by atoms with Crippen LogP contribution in [0.2, 0.25) is 0 Å². The maximum Gasteiger partial charge on any atom is 0.224 e. The first-order valence-corrected chi connectivity index (χ1v) is 10.1. The van der Waals surface area contributed by atoms with Gasteiger partial charge in [0, 0.05) is 42.3 Å². The van der Waals surface area contributed by atoms with Gasteiger partial charge in [0.15, 0.2) is 0 Å². The van der Waals surface area contributed by atoms with E-state index in [0.717, 1.165) is 23.3 Å². The topological polar surface area (TPSA) is 78.1 Å². The average molecular weight is 390 g/mol. The molecule has 1 aromatic carbocycles. The quantitative estimate of drug-likeness (QED) is 0.679. The smallest absolute Gasteiger partial charge is 0.224 e. The lowest BCUT2D eigenvalue weighted by molar-refractivity contribution is -0.138. The number of hydrogen-bond acceptors (Lipinski definition) is 3. The van der Waals surface area contributed by atoms with Crippen LogP contribution in [0.4, 0.5) is 0 Å². The molecule has 3 aromatic rings. The van der Waals surface area contributed by atoms with Crippen molar-refractivity contribution in [1.29, 1.82) is 0 Å². The molecule has 1 aliphatic heterocycles. The number of amides is 2. The van der Waals surface area contributed by atoms with E-state index >= 15 is 0 Å². The minimum atomic E-state index is -0.166. The molecule has 1 fully saturated rings. The number of aromatic nitrogens is 2. The second kappa shape index (κ2) is 8.47. The zero-order valence-corrected chi connectivity index (χ0v) is 16.6. The summed E-state index contributed by atoms with van der Waals surface area (Å²) in [6, 6.07) is 13.9. The first-order chi connectivity index (χ1) is 14.1. The summed E-state index contributed by atoms with van der Waals surface area (Å²) in [4.78, 5) is 34.4. The van der Waals surface area contributed by atoms with E-state index in [1.165, 1.54) is 10.9 Å². The van der Waals surface area contributed by atoms with Crippen LogP contribution in [0.25, 0.3) is 10.9 Å². The van der Waals surface area contributed by atoms with Crippen molar-refractivity contribution >= 4 is 22.7 Å². The van der Waals surface area contributed by atoms with Crippen LogP contribution >= 0.6 is 0 Å². The summed E-state index contributed by atoms with van der Waals surface area (Å²) < 4.78 is 0. The van der Waals surface area contributed by atoms with Gasteiger partial charge in [-0.3, -0.25) is 14.6 Å². The number of likely N-dealkylation sites (tertiary alicyclic amines) is 1. The maximum absolute atomic E-state index is 12.7. The van der Waals surface area contributed by atoms with Crippen LogP contribution in [0, 0.1) is 12.8 Å². The predicted molar refractivity (Wildman–Crippen MR) is 112 cm³/mol. The number of aryl methyl sites for hydroxylation is 1. The molecule has 150 valence electrons.